The van der Waals surface area contributed by atoms with Crippen LogP contribution in [0, 0.1) is 18.3 Å². The highest BCUT2D eigenvalue weighted by molar-refractivity contribution is 7.13. The number of aromatic nitrogens is 1. The maximum absolute atomic E-state index is 9.11. The Labute approximate surface area is 111 Å². The zero-order valence-electron chi connectivity index (χ0n) is 10.7. The van der Waals surface area contributed by atoms with Crippen LogP contribution in [-0.2, 0) is 0 Å². The first kappa shape index (κ1) is 12.6. The minimum atomic E-state index is 0.301. The Kier molecular flexibility index (Phi) is 3.63. The largest absolute Gasteiger partial charge is 0.382 e. The molecule has 92 valence electrons. The highest BCUT2D eigenvalue weighted by Gasteiger charge is 2.09. The van der Waals surface area contributed by atoms with E-state index in [-0.39, 0.29) is 0 Å². The molecule has 0 aliphatic heterocycles. The first-order valence-corrected chi connectivity index (χ1v) is 6.71. The van der Waals surface area contributed by atoms with Crippen molar-refractivity contribution in [3.63, 3.8) is 0 Å². The molecule has 3 nitrogen and oxygen atoms in total. The molecular formula is C14H15N3S. The van der Waals surface area contributed by atoms with Crippen molar-refractivity contribution >= 4 is 17.0 Å². The van der Waals surface area contributed by atoms with Crippen LogP contribution in [0.2, 0.25) is 0 Å². The van der Waals surface area contributed by atoms with Crippen LogP contribution in [0.25, 0.3) is 10.4 Å². The van der Waals surface area contributed by atoms with Gasteiger partial charge in [-0.3, -0.25) is 0 Å². The van der Waals surface area contributed by atoms with Gasteiger partial charge in [0.25, 0.3) is 0 Å². The van der Waals surface area contributed by atoms with Crippen LogP contribution in [0.5, 0.6) is 0 Å². The van der Waals surface area contributed by atoms with Gasteiger partial charge in [0.05, 0.1) is 27.3 Å². The number of nitrogens with zero attached hydrogens (tertiary/aromatic N) is 2. The van der Waals surface area contributed by atoms with E-state index < -0.39 is 0 Å². The third-order valence-electron chi connectivity index (χ3n) is 2.59. The van der Waals surface area contributed by atoms with E-state index in [9.17, 15) is 0 Å². The summed E-state index contributed by atoms with van der Waals surface area (Å²) in [6.45, 7) is 6.12. The standard InChI is InChI=1S/C14H15N3S/c1-9(2)17-13-6-11(4-5-12(13)7-15)14-10(3)16-8-18-14/h4-6,8-9,17H,1-3H3. The Morgan fingerprint density at radius 2 is 2.17 bits per heavy atom. The molecule has 1 heterocycles. The second-order valence-corrected chi connectivity index (χ2v) is 5.29. The summed E-state index contributed by atoms with van der Waals surface area (Å²) >= 11 is 1.62. The molecule has 0 saturated heterocycles. The number of anilines is 1. The number of rotatable bonds is 3. The molecule has 0 aliphatic carbocycles. The van der Waals surface area contributed by atoms with Gasteiger partial charge in [0.1, 0.15) is 6.07 Å². The summed E-state index contributed by atoms with van der Waals surface area (Å²) in [5.41, 5.74) is 5.54. The molecule has 0 amide bonds. The van der Waals surface area contributed by atoms with Crippen LogP contribution in [0.3, 0.4) is 0 Å². The van der Waals surface area contributed by atoms with Gasteiger partial charge in [-0.15, -0.1) is 11.3 Å². The average Bonchev–Trinajstić information content (AvgIpc) is 2.74. The van der Waals surface area contributed by atoms with Crippen LogP contribution in [0.4, 0.5) is 5.69 Å². The lowest BCUT2D eigenvalue weighted by molar-refractivity contribution is 0.899. The summed E-state index contributed by atoms with van der Waals surface area (Å²) in [6, 6.07) is 8.38. The van der Waals surface area contributed by atoms with Crippen molar-refractivity contribution < 1.29 is 0 Å². The zero-order valence-corrected chi connectivity index (χ0v) is 11.5. The fourth-order valence-electron chi connectivity index (χ4n) is 1.79. The van der Waals surface area contributed by atoms with E-state index in [1.165, 1.54) is 0 Å². The molecule has 1 aromatic carbocycles. The summed E-state index contributed by atoms with van der Waals surface area (Å²) in [5, 5.41) is 12.4. The lowest BCUT2D eigenvalue weighted by Gasteiger charge is -2.12. The van der Waals surface area contributed by atoms with Crippen LogP contribution < -0.4 is 5.32 Å². The van der Waals surface area contributed by atoms with Crippen molar-refractivity contribution in [3.05, 3.63) is 35.0 Å². The molecule has 0 aliphatic rings. The van der Waals surface area contributed by atoms with E-state index in [2.05, 4.69) is 30.2 Å². The van der Waals surface area contributed by atoms with Crippen molar-refractivity contribution in [1.82, 2.24) is 4.98 Å². The van der Waals surface area contributed by atoms with E-state index in [1.807, 2.05) is 30.6 Å². The Bertz CT molecular complexity index is 593. The van der Waals surface area contributed by atoms with Crippen molar-refractivity contribution in [2.75, 3.05) is 5.32 Å². The number of hydrogen-bond donors (Lipinski definition) is 1. The highest BCUT2D eigenvalue weighted by Crippen LogP contribution is 2.30. The topological polar surface area (TPSA) is 48.7 Å². The van der Waals surface area contributed by atoms with Crippen LogP contribution in [0.1, 0.15) is 25.1 Å². The minimum Gasteiger partial charge on any atom is -0.382 e. The molecule has 2 rings (SSSR count). The molecule has 0 saturated carbocycles. The van der Waals surface area contributed by atoms with Crippen molar-refractivity contribution in [2.24, 2.45) is 0 Å². The van der Waals surface area contributed by atoms with Gasteiger partial charge in [-0.1, -0.05) is 6.07 Å². The van der Waals surface area contributed by atoms with Gasteiger partial charge in [-0.05, 0) is 38.5 Å². The van der Waals surface area contributed by atoms with E-state index in [1.54, 1.807) is 11.3 Å². The number of aryl methyl sites for hydroxylation is 1. The molecular weight excluding hydrogens is 242 g/mol. The second-order valence-electron chi connectivity index (χ2n) is 4.44. The Hall–Kier alpha value is -1.86. The quantitative estimate of drug-likeness (QED) is 0.909. The van der Waals surface area contributed by atoms with E-state index in [0.29, 0.717) is 11.6 Å². The number of thiazole rings is 1. The lowest BCUT2D eigenvalue weighted by atomic mass is 10.1. The number of nitrogens with one attached hydrogen (secondary N) is 1. The molecule has 4 heteroatoms. The number of nitriles is 1. The predicted molar refractivity (Wildman–Crippen MR) is 75.8 cm³/mol. The highest BCUT2D eigenvalue weighted by atomic mass is 32.1. The third kappa shape index (κ3) is 2.52. The molecule has 0 radical (unpaired) electrons. The maximum Gasteiger partial charge on any atom is 0.101 e. The summed E-state index contributed by atoms with van der Waals surface area (Å²) in [6.07, 6.45) is 0. The van der Waals surface area contributed by atoms with E-state index >= 15 is 0 Å². The SMILES string of the molecule is Cc1ncsc1-c1ccc(C#N)c(NC(C)C)c1. The van der Waals surface area contributed by atoms with Crippen molar-refractivity contribution in [3.8, 4) is 16.5 Å². The Balaban J connectivity index is 2.47. The van der Waals surface area contributed by atoms with E-state index in [4.69, 9.17) is 5.26 Å². The third-order valence-corrected chi connectivity index (χ3v) is 3.57. The Morgan fingerprint density at radius 3 is 2.72 bits per heavy atom. The van der Waals surface area contributed by atoms with E-state index in [0.717, 1.165) is 21.8 Å². The summed E-state index contributed by atoms with van der Waals surface area (Å²) < 4.78 is 0. The van der Waals surface area contributed by atoms with Crippen molar-refractivity contribution in [1.29, 1.82) is 5.26 Å². The van der Waals surface area contributed by atoms with Gasteiger partial charge in [0, 0.05) is 6.04 Å². The second kappa shape index (κ2) is 5.19. The molecule has 0 bridgehead atoms. The smallest absolute Gasteiger partial charge is 0.101 e. The molecule has 0 atom stereocenters. The van der Waals surface area contributed by atoms with Crippen LogP contribution >= 0.6 is 11.3 Å². The summed E-state index contributed by atoms with van der Waals surface area (Å²) in [7, 11) is 0. The molecule has 0 unspecified atom stereocenters. The predicted octanol–water partition coefficient (Wildman–Crippen LogP) is 3.81. The minimum absolute atomic E-state index is 0.301. The zero-order chi connectivity index (χ0) is 13.1. The van der Waals surface area contributed by atoms with Gasteiger partial charge in [-0.2, -0.15) is 5.26 Å². The molecule has 1 aromatic heterocycles. The molecule has 18 heavy (non-hydrogen) atoms. The summed E-state index contributed by atoms with van der Waals surface area (Å²) in [4.78, 5) is 5.42. The molecule has 1 N–H and O–H groups in total. The number of benzene rings is 1. The van der Waals surface area contributed by atoms with Crippen molar-refractivity contribution in [2.45, 2.75) is 26.8 Å². The van der Waals surface area contributed by atoms with Crippen LogP contribution in [-0.4, -0.2) is 11.0 Å². The van der Waals surface area contributed by atoms with Gasteiger partial charge in [0.15, 0.2) is 0 Å². The van der Waals surface area contributed by atoms with Crippen LogP contribution in [0.15, 0.2) is 23.7 Å². The Morgan fingerprint density at radius 1 is 1.39 bits per heavy atom. The number of hydrogen-bond acceptors (Lipinski definition) is 4. The monoisotopic (exact) mass is 257 g/mol. The first-order valence-electron chi connectivity index (χ1n) is 5.83. The first-order chi connectivity index (χ1) is 8.61. The fraction of sp³-hybridized carbons (Fsp3) is 0.286. The lowest BCUT2D eigenvalue weighted by Crippen LogP contribution is -2.10. The van der Waals surface area contributed by atoms with Gasteiger partial charge >= 0.3 is 0 Å². The van der Waals surface area contributed by atoms with Gasteiger partial charge in [-0.25, -0.2) is 4.98 Å². The normalized spacial score (nSPS) is 10.4. The average molecular weight is 257 g/mol. The van der Waals surface area contributed by atoms with Gasteiger partial charge in [0.2, 0.25) is 0 Å². The van der Waals surface area contributed by atoms with Gasteiger partial charge < -0.3 is 5.32 Å². The summed E-state index contributed by atoms with van der Waals surface area (Å²) in [5.74, 6) is 0. The maximum atomic E-state index is 9.11. The molecule has 0 spiro atoms. The fourth-order valence-corrected chi connectivity index (χ4v) is 2.59. The molecule has 0 fully saturated rings. The molecule has 2 aromatic rings.